The molecule has 0 aliphatic heterocycles. The van der Waals surface area contributed by atoms with Crippen LogP contribution < -0.4 is 28.4 Å². The standard InChI is InChI=1S/C42H50O14/c1-24(43)52-37-29(18-26(20-33(37)48-10)14-17-36(45)55-41(3,4)5)30-19-27(21-34(49-11)38(30)53-25(2)44)22-35(39(46)56-42(6,7)8)54-31-16-15-28(23-32(31)47-9)40(50-12)51-13/h14-23,40H,1-13H3/b17-14+,35-22-. The predicted octanol–water partition coefficient (Wildman–Crippen LogP) is 7.64. The third-order valence-corrected chi connectivity index (χ3v) is 7.20. The minimum Gasteiger partial charge on any atom is -0.493 e. The highest BCUT2D eigenvalue weighted by Gasteiger charge is 2.27. The summed E-state index contributed by atoms with van der Waals surface area (Å²) in [5.41, 5.74) is 0.0532. The Hall–Kier alpha value is -5.86. The quantitative estimate of drug-likeness (QED) is 0.0487. The molecule has 14 heteroatoms. The topological polar surface area (TPSA) is 161 Å². The second-order valence-corrected chi connectivity index (χ2v) is 14.1. The minimum absolute atomic E-state index is 0.0372. The van der Waals surface area contributed by atoms with Gasteiger partial charge in [0, 0.05) is 50.8 Å². The molecule has 0 spiro atoms. The van der Waals surface area contributed by atoms with E-state index in [0.29, 0.717) is 16.7 Å². The van der Waals surface area contributed by atoms with Crippen LogP contribution in [0.4, 0.5) is 0 Å². The first-order chi connectivity index (χ1) is 26.2. The van der Waals surface area contributed by atoms with Crippen molar-refractivity contribution in [3.8, 4) is 45.6 Å². The maximum Gasteiger partial charge on any atom is 0.374 e. The smallest absolute Gasteiger partial charge is 0.374 e. The molecule has 3 aromatic carbocycles. The summed E-state index contributed by atoms with van der Waals surface area (Å²) in [7, 11) is 7.15. The SMILES string of the molecule is COc1cc(C(OC)OC)ccc1O/C(=C\c1cc(OC)c(OC(C)=O)c(-c2cc(/C=C/C(=O)OC(C)(C)C)cc(OC)c2OC(C)=O)c1)C(=O)OC(C)(C)C. The summed E-state index contributed by atoms with van der Waals surface area (Å²) >= 11 is 0. The molecule has 0 aliphatic rings. The number of benzene rings is 3. The molecule has 3 aromatic rings. The molecule has 0 aliphatic carbocycles. The molecular weight excluding hydrogens is 728 g/mol. The van der Waals surface area contributed by atoms with Crippen LogP contribution in [0.15, 0.2) is 54.3 Å². The van der Waals surface area contributed by atoms with Gasteiger partial charge in [0.2, 0.25) is 5.76 Å². The van der Waals surface area contributed by atoms with Crippen molar-refractivity contribution in [3.63, 3.8) is 0 Å². The van der Waals surface area contributed by atoms with Gasteiger partial charge in [-0.1, -0.05) is 0 Å². The first-order valence-electron chi connectivity index (χ1n) is 17.3. The fraction of sp³-hybridized carbons (Fsp3) is 0.381. The van der Waals surface area contributed by atoms with Gasteiger partial charge in [0.1, 0.15) is 11.2 Å². The summed E-state index contributed by atoms with van der Waals surface area (Å²) in [5, 5.41) is 0. The van der Waals surface area contributed by atoms with Crippen molar-refractivity contribution >= 4 is 36.0 Å². The summed E-state index contributed by atoms with van der Waals surface area (Å²) in [6.07, 6.45) is 3.42. The number of carbonyl (C=O) groups excluding carboxylic acids is 4. The van der Waals surface area contributed by atoms with E-state index in [4.69, 9.17) is 47.4 Å². The maximum atomic E-state index is 13.8. The largest absolute Gasteiger partial charge is 0.493 e. The third-order valence-electron chi connectivity index (χ3n) is 7.20. The summed E-state index contributed by atoms with van der Waals surface area (Å²) < 4.78 is 56.3. The molecular formula is C42H50O14. The van der Waals surface area contributed by atoms with E-state index >= 15 is 0 Å². The van der Waals surface area contributed by atoms with Crippen LogP contribution in [0, 0.1) is 0 Å². The second kappa shape index (κ2) is 19.1. The van der Waals surface area contributed by atoms with Crippen LogP contribution in [0.25, 0.3) is 23.3 Å². The molecule has 0 bridgehead atoms. The van der Waals surface area contributed by atoms with Gasteiger partial charge < -0.3 is 47.4 Å². The van der Waals surface area contributed by atoms with Crippen molar-refractivity contribution in [2.45, 2.75) is 72.9 Å². The molecule has 0 unspecified atom stereocenters. The molecule has 0 fully saturated rings. The minimum atomic E-state index is -0.914. The summed E-state index contributed by atoms with van der Waals surface area (Å²) in [4.78, 5) is 51.3. The van der Waals surface area contributed by atoms with E-state index in [1.165, 1.54) is 73.7 Å². The normalized spacial score (nSPS) is 11.9. The lowest BCUT2D eigenvalue weighted by Crippen LogP contribution is -2.26. The highest BCUT2D eigenvalue weighted by molar-refractivity contribution is 5.94. The molecule has 0 aromatic heterocycles. The molecule has 0 radical (unpaired) electrons. The Kier molecular flexibility index (Phi) is 15.2. The number of carbonyl (C=O) groups is 4. The number of esters is 4. The molecule has 0 N–H and O–H groups in total. The van der Waals surface area contributed by atoms with Crippen LogP contribution in [-0.4, -0.2) is 70.6 Å². The average molecular weight is 779 g/mol. The van der Waals surface area contributed by atoms with Crippen molar-refractivity contribution in [3.05, 3.63) is 71.0 Å². The van der Waals surface area contributed by atoms with Crippen LogP contribution >= 0.6 is 0 Å². The van der Waals surface area contributed by atoms with E-state index in [1.54, 1.807) is 77.9 Å². The van der Waals surface area contributed by atoms with Crippen LogP contribution in [-0.2, 0) is 38.1 Å². The van der Waals surface area contributed by atoms with Crippen molar-refractivity contribution < 1.29 is 66.5 Å². The van der Waals surface area contributed by atoms with E-state index in [1.807, 2.05) is 0 Å². The molecule has 0 saturated heterocycles. The van der Waals surface area contributed by atoms with Crippen molar-refractivity contribution in [2.75, 3.05) is 35.5 Å². The molecule has 0 atom stereocenters. The van der Waals surface area contributed by atoms with Gasteiger partial charge in [-0.2, -0.15) is 0 Å². The van der Waals surface area contributed by atoms with Crippen molar-refractivity contribution in [1.29, 1.82) is 0 Å². The molecule has 56 heavy (non-hydrogen) atoms. The van der Waals surface area contributed by atoms with Crippen molar-refractivity contribution in [2.24, 2.45) is 0 Å². The second-order valence-electron chi connectivity index (χ2n) is 14.1. The molecule has 14 nitrogen and oxygen atoms in total. The number of methoxy groups -OCH3 is 5. The van der Waals surface area contributed by atoms with Gasteiger partial charge in [-0.25, -0.2) is 9.59 Å². The van der Waals surface area contributed by atoms with E-state index in [2.05, 4.69) is 0 Å². The van der Waals surface area contributed by atoms with E-state index in [0.717, 1.165) is 0 Å². The Labute approximate surface area is 327 Å². The highest BCUT2D eigenvalue weighted by Crippen LogP contribution is 2.47. The van der Waals surface area contributed by atoms with Crippen LogP contribution in [0.2, 0.25) is 0 Å². The molecule has 3 rings (SSSR count). The Morgan fingerprint density at radius 2 is 1.09 bits per heavy atom. The van der Waals surface area contributed by atoms with Gasteiger partial charge in [-0.3, -0.25) is 9.59 Å². The van der Waals surface area contributed by atoms with Crippen LogP contribution in [0.3, 0.4) is 0 Å². The number of ether oxygens (including phenoxy) is 10. The zero-order valence-electron chi connectivity index (χ0n) is 34.1. The molecule has 302 valence electrons. The van der Waals surface area contributed by atoms with Gasteiger partial charge in [-0.05, 0) is 107 Å². The van der Waals surface area contributed by atoms with Gasteiger partial charge in [0.15, 0.2) is 40.8 Å². The number of hydrogen-bond acceptors (Lipinski definition) is 14. The molecule has 0 saturated carbocycles. The number of hydrogen-bond donors (Lipinski definition) is 0. The summed E-state index contributed by atoms with van der Waals surface area (Å²) in [6.45, 7) is 12.8. The van der Waals surface area contributed by atoms with E-state index in [-0.39, 0.29) is 51.4 Å². The number of rotatable bonds is 15. The Bertz CT molecular complexity index is 1970. The van der Waals surface area contributed by atoms with E-state index < -0.39 is 41.4 Å². The molecule has 0 amide bonds. The summed E-state index contributed by atoms with van der Waals surface area (Å²) in [5.74, 6) is -2.56. The monoisotopic (exact) mass is 778 g/mol. The Balaban J connectivity index is 2.40. The van der Waals surface area contributed by atoms with Gasteiger partial charge >= 0.3 is 23.9 Å². The lowest BCUT2D eigenvalue weighted by molar-refractivity contribution is -0.152. The van der Waals surface area contributed by atoms with Crippen molar-refractivity contribution in [1.82, 2.24) is 0 Å². The maximum absolute atomic E-state index is 13.8. The molecule has 0 heterocycles. The first-order valence-corrected chi connectivity index (χ1v) is 17.3. The van der Waals surface area contributed by atoms with Gasteiger partial charge in [0.25, 0.3) is 0 Å². The lowest BCUT2D eigenvalue weighted by Gasteiger charge is -2.22. The lowest BCUT2D eigenvalue weighted by atomic mass is 9.97. The fourth-order valence-electron chi connectivity index (χ4n) is 5.14. The average Bonchev–Trinajstić information content (AvgIpc) is 3.10. The Morgan fingerprint density at radius 1 is 0.589 bits per heavy atom. The van der Waals surface area contributed by atoms with Gasteiger partial charge in [0.05, 0.1) is 21.3 Å². The van der Waals surface area contributed by atoms with E-state index in [9.17, 15) is 19.2 Å². The Morgan fingerprint density at radius 3 is 1.55 bits per heavy atom. The summed E-state index contributed by atoms with van der Waals surface area (Å²) in [6, 6.07) is 11.1. The predicted molar refractivity (Wildman–Crippen MR) is 207 cm³/mol. The fourth-order valence-corrected chi connectivity index (χ4v) is 5.14. The van der Waals surface area contributed by atoms with Crippen LogP contribution in [0.5, 0.6) is 34.5 Å². The third kappa shape index (κ3) is 12.6. The van der Waals surface area contributed by atoms with Crippen LogP contribution in [0.1, 0.15) is 78.4 Å². The zero-order chi connectivity index (χ0) is 42.0. The van der Waals surface area contributed by atoms with Gasteiger partial charge in [-0.15, -0.1) is 0 Å². The first kappa shape index (κ1) is 44.5. The highest BCUT2D eigenvalue weighted by atomic mass is 16.7. The zero-order valence-corrected chi connectivity index (χ0v) is 34.1.